The fourth-order valence-corrected chi connectivity index (χ4v) is 3.82. The number of aromatic nitrogens is 1. The van der Waals surface area contributed by atoms with E-state index >= 15 is 0 Å². The molecule has 124 valence electrons. The molecule has 0 aliphatic heterocycles. The van der Waals surface area contributed by atoms with Crippen molar-refractivity contribution in [3.8, 4) is 5.88 Å². The molecule has 1 unspecified atom stereocenters. The van der Waals surface area contributed by atoms with Crippen LogP contribution < -0.4 is 4.74 Å². The first kappa shape index (κ1) is 16.7. The fraction of sp³-hybridized carbons (Fsp3) is 0.550. The maximum atomic E-state index is 6.17. The Morgan fingerprint density at radius 2 is 1.83 bits per heavy atom. The van der Waals surface area contributed by atoms with Gasteiger partial charge >= 0.3 is 0 Å². The summed E-state index contributed by atoms with van der Waals surface area (Å²) in [4.78, 5) is 4.68. The monoisotopic (exact) mass is 329 g/mol. The molecule has 1 atom stereocenters. The van der Waals surface area contributed by atoms with E-state index in [2.05, 4.69) is 59.3 Å². The molecule has 1 heterocycles. The van der Waals surface area contributed by atoms with Crippen LogP contribution in [-0.4, -0.2) is 11.1 Å². The molecule has 0 N–H and O–H groups in total. The summed E-state index contributed by atoms with van der Waals surface area (Å²) in [6.45, 7) is 7.06. The molecule has 0 bridgehead atoms. The topological polar surface area (TPSA) is 22.1 Å². The van der Waals surface area contributed by atoms with E-state index in [4.69, 9.17) is 4.74 Å². The van der Waals surface area contributed by atoms with Crippen LogP contribution in [0.5, 0.6) is 5.88 Å². The number of pyridine rings is 1. The Hall–Kier alpha value is -1.14. The van der Waals surface area contributed by atoms with Crippen molar-refractivity contribution in [3.05, 3.63) is 35.9 Å². The Bertz CT molecular complexity index is 669. The van der Waals surface area contributed by atoms with Gasteiger partial charge in [0.25, 0.3) is 0 Å². The van der Waals surface area contributed by atoms with Crippen molar-refractivity contribution in [1.29, 1.82) is 0 Å². The fourth-order valence-electron chi connectivity index (χ4n) is 3.57. The molecule has 0 amide bonds. The highest BCUT2D eigenvalue weighted by Crippen LogP contribution is 2.38. The first-order chi connectivity index (χ1) is 11.0. The normalized spacial score (nSPS) is 22.3. The maximum Gasteiger partial charge on any atom is 0.214 e. The van der Waals surface area contributed by atoms with Gasteiger partial charge in [0, 0.05) is 11.5 Å². The third kappa shape index (κ3) is 4.04. The molecule has 0 radical (unpaired) electrons. The quantitative estimate of drug-likeness (QED) is 0.684. The van der Waals surface area contributed by atoms with Crippen LogP contribution in [-0.2, 0) is 6.16 Å². The van der Waals surface area contributed by atoms with Crippen LogP contribution in [0.1, 0.15) is 52.0 Å². The Morgan fingerprint density at radius 1 is 1.09 bits per heavy atom. The lowest BCUT2D eigenvalue weighted by atomic mass is 9.72. The molecular formula is C20H28NOP. The van der Waals surface area contributed by atoms with Crippen molar-refractivity contribution >= 4 is 20.1 Å². The second kappa shape index (κ2) is 6.77. The van der Waals surface area contributed by atoms with Crippen molar-refractivity contribution < 1.29 is 4.74 Å². The summed E-state index contributed by atoms with van der Waals surface area (Å²) >= 11 is 0. The van der Waals surface area contributed by atoms with Gasteiger partial charge in [0.1, 0.15) is 6.10 Å². The zero-order valence-electron chi connectivity index (χ0n) is 14.5. The van der Waals surface area contributed by atoms with Gasteiger partial charge < -0.3 is 4.74 Å². The van der Waals surface area contributed by atoms with Gasteiger partial charge in [-0.15, -0.1) is 9.24 Å². The number of hydrogen-bond acceptors (Lipinski definition) is 2. The van der Waals surface area contributed by atoms with Gasteiger partial charge in [0.15, 0.2) is 0 Å². The number of nitrogens with zero attached hydrogens (tertiary/aromatic N) is 1. The third-order valence-corrected chi connectivity index (χ3v) is 5.62. The summed E-state index contributed by atoms with van der Waals surface area (Å²) in [5.74, 6) is 1.59. The average molecular weight is 329 g/mol. The van der Waals surface area contributed by atoms with Gasteiger partial charge in [-0.3, -0.25) is 0 Å². The second-order valence-electron chi connectivity index (χ2n) is 7.84. The standard InChI is InChI=1S/C20H28NOP/c1-20(2,3)16-6-8-17(9-7-16)22-19-11-5-15-12-14(13-23)4-10-18(15)21-19/h4-5,10-12,16-17H,6-9,13,23H2,1-3H3. The second-order valence-corrected chi connectivity index (χ2v) is 8.25. The van der Waals surface area contributed by atoms with Crippen molar-refractivity contribution in [1.82, 2.24) is 4.98 Å². The molecule has 1 aromatic heterocycles. The molecule has 1 fully saturated rings. The zero-order chi connectivity index (χ0) is 16.4. The van der Waals surface area contributed by atoms with Crippen LogP contribution in [0, 0.1) is 11.3 Å². The van der Waals surface area contributed by atoms with Crippen LogP contribution in [0.2, 0.25) is 0 Å². The minimum Gasteiger partial charge on any atom is -0.474 e. The van der Waals surface area contributed by atoms with E-state index in [-0.39, 0.29) is 0 Å². The molecule has 1 aliphatic rings. The molecule has 1 aromatic carbocycles. The van der Waals surface area contributed by atoms with Crippen LogP contribution >= 0.6 is 9.24 Å². The lowest BCUT2D eigenvalue weighted by Gasteiger charge is -2.36. The summed E-state index contributed by atoms with van der Waals surface area (Å²) < 4.78 is 6.17. The van der Waals surface area contributed by atoms with E-state index in [1.54, 1.807) is 0 Å². The number of ether oxygens (including phenoxy) is 1. The smallest absolute Gasteiger partial charge is 0.214 e. The SMILES string of the molecule is CC(C)(C)C1CCC(Oc2ccc3cc(CP)ccc3n2)CC1. The van der Waals surface area contributed by atoms with E-state index in [0.717, 1.165) is 36.3 Å². The first-order valence-corrected chi connectivity index (χ1v) is 9.54. The minimum absolute atomic E-state index is 0.324. The van der Waals surface area contributed by atoms with Gasteiger partial charge in [-0.05, 0) is 66.9 Å². The Balaban J connectivity index is 1.66. The maximum absolute atomic E-state index is 6.17. The van der Waals surface area contributed by atoms with E-state index in [9.17, 15) is 0 Å². The van der Waals surface area contributed by atoms with Gasteiger partial charge in [0.2, 0.25) is 5.88 Å². The molecule has 3 heteroatoms. The number of fused-ring (bicyclic) bond motifs is 1. The largest absolute Gasteiger partial charge is 0.474 e. The van der Waals surface area contributed by atoms with Crippen LogP contribution in [0.15, 0.2) is 30.3 Å². The molecule has 1 aliphatic carbocycles. The number of hydrogen-bond donors (Lipinski definition) is 0. The summed E-state index contributed by atoms with van der Waals surface area (Å²) in [7, 11) is 2.77. The molecule has 0 saturated heterocycles. The molecule has 0 spiro atoms. The Kier molecular flexibility index (Phi) is 4.92. The van der Waals surface area contributed by atoms with Crippen molar-refractivity contribution in [2.45, 2.75) is 58.7 Å². The summed E-state index contributed by atoms with van der Waals surface area (Å²) in [5, 5.41) is 1.19. The lowest BCUT2D eigenvalue weighted by molar-refractivity contribution is 0.0854. The number of rotatable bonds is 3. The highest BCUT2D eigenvalue weighted by Gasteiger charge is 2.30. The molecular weight excluding hydrogens is 301 g/mol. The lowest BCUT2D eigenvalue weighted by Crippen LogP contribution is -2.30. The molecule has 3 rings (SSSR count). The Labute approximate surface area is 142 Å². The molecule has 2 aromatic rings. The van der Waals surface area contributed by atoms with Crippen LogP contribution in [0.4, 0.5) is 0 Å². The van der Waals surface area contributed by atoms with Crippen molar-refractivity contribution in [2.75, 3.05) is 0 Å². The molecule has 23 heavy (non-hydrogen) atoms. The predicted octanol–water partition coefficient (Wildman–Crippen LogP) is 5.59. The van der Waals surface area contributed by atoms with E-state index in [1.165, 1.54) is 23.8 Å². The van der Waals surface area contributed by atoms with Gasteiger partial charge in [-0.1, -0.05) is 26.8 Å². The van der Waals surface area contributed by atoms with Crippen LogP contribution in [0.25, 0.3) is 10.9 Å². The van der Waals surface area contributed by atoms with Gasteiger partial charge in [-0.25, -0.2) is 4.98 Å². The summed E-state index contributed by atoms with van der Waals surface area (Å²) in [6.07, 6.45) is 6.12. The summed E-state index contributed by atoms with van der Waals surface area (Å²) in [5.41, 5.74) is 2.76. The van der Waals surface area contributed by atoms with E-state index in [0.29, 0.717) is 11.5 Å². The van der Waals surface area contributed by atoms with Gasteiger partial charge in [0.05, 0.1) is 5.52 Å². The van der Waals surface area contributed by atoms with Crippen molar-refractivity contribution in [3.63, 3.8) is 0 Å². The number of benzene rings is 1. The average Bonchev–Trinajstić information content (AvgIpc) is 2.54. The molecule has 1 saturated carbocycles. The van der Waals surface area contributed by atoms with Crippen molar-refractivity contribution in [2.24, 2.45) is 11.3 Å². The van der Waals surface area contributed by atoms with Crippen LogP contribution in [0.3, 0.4) is 0 Å². The van der Waals surface area contributed by atoms with Gasteiger partial charge in [-0.2, -0.15) is 0 Å². The van der Waals surface area contributed by atoms with E-state index in [1.807, 2.05) is 6.07 Å². The molecule has 2 nitrogen and oxygen atoms in total. The highest BCUT2D eigenvalue weighted by atomic mass is 31.0. The van der Waals surface area contributed by atoms with E-state index < -0.39 is 0 Å². The highest BCUT2D eigenvalue weighted by molar-refractivity contribution is 7.15. The zero-order valence-corrected chi connectivity index (χ0v) is 15.7. The Morgan fingerprint density at radius 3 is 2.48 bits per heavy atom. The first-order valence-electron chi connectivity index (χ1n) is 8.72. The predicted molar refractivity (Wildman–Crippen MR) is 101 cm³/mol. The summed E-state index contributed by atoms with van der Waals surface area (Å²) in [6, 6.07) is 10.6. The third-order valence-electron chi connectivity index (χ3n) is 5.15. The minimum atomic E-state index is 0.324.